The fourth-order valence-electron chi connectivity index (χ4n) is 1.16. The summed E-state index contributed by atoms with van der Waals surface area (Å²) in [5.41, 5.74) is 0.601. The van der Waals surface area contributed by atoms with Gasteiger partial charge in [0.2, 0.25) is 0 Å². The Hall–Kier alpha value is -0.0775. The zero-order valence-corrected chi connectivity index (χ0v) is 11.4. The summed E-state index contributed by atoms with van der Waals surface area (Å²) in [7, 11) is 0. The second kappa shape index (κ2) is 4.63. The highest BCUT2D eigenvalue weighted by Gasteiger charge is 2.08. The number of phenols is 1. The van der Waals surface area contributed by atoms with E-state index in [2.05, 4.69) is 36.8 Å². The van der Waals surface area contributed by atoms with Gasteiger partial charge in [0, 0.05) is 33.4 Å². The van der Waals surface area contributed by atoms with Crippen molar-refractivity contribution in [1.82, 2.24) is 4.98 Å². The van der Waals surface area contributed by atoms with Gasteiger partial charge in [-0.05, 0) is 28.1 Å². The predicted octanol–water partition coefficient (Wildman–Crippen LogP) is 3.08. The summed E-state index contributed by atoms with van der Waals surface area (Å²) in [6.07, 6.45) is 1.65. The zero-order valence-electron chi connectivity index (χ0n) is 7.04. The first-order chi connectivity index (χ1) is 6.20. The van der Waals surface area contributed by atoms with Gasteiger partial charge in [-0.25, -0.2) is 0 Å². The van der Waals surface area contributed by atoms with E-state index in [9.17, 15) is 5.11 Å². The van der Waals surface area contributed by atoms with E-state index >= 15 is 0 Å². The molecule has 14 heavy (non-hydrogen) atoms. The van der Waals surface area contributed by atoms with E-state index in [1.165, 1.54) is 0 Å². The van der Waals surface area contributed by atoms with Crippen LogP contribution in [0.1, 0.15) is 0 Å². The van der Waals surface area contributed by atoms with Crippen LogP contribution in [0.15, 0.2) is 33.3 Å². The molecule has 0 bridgehead atoms. The van der Waals surface area contributed by atoms with E-state index in [0.717, 1.165) is 9.86 Å². The Balaban J connectivity index is 0.000000980. The molecule has 0 unspecified atom stereocenters. The number of aromatic hydroxyl groups is 1. The average Bonchev–Trinajstić information content (AvgIpc) is 2.15. The molecule has 0 saturated carbocycles. The molecule has 2 nitrogen and oxygen atoms in total. The highest BCUT2D eigenvalue weighted by atomic mass is 79.9. The van der Waals surface area contributed by atoms with Crippen LogP contribution in [0.4, 0.5) is 0 Å². The molecule has 69 valence electrons. The van der Waals surface area contributed by atoms with Crippen molar-refractivity contribution >= 4 is 60.1 Å². The van der Waals surface area contributed by atoms with E-state index in [1.807, 2.05) is 12.1 Å². The Morgan fingerprint density at radius 1 is 1.21 bits per heavy atom. The van der Waals surface area contributed by atoms with Crippen molar-refractivity contribution in [3.8, 4) is 5.75 Å². The molecule has 0 amide bonds. The smallest absolute Gasteiger partial charge is 0.156 e. The lowest BCUT2D eigenvalue weighted by Gasteiger charge is -2.03. The average molecular weight is 330 g/mol. The maximum Gasteiger partial charge on any atom is 0.156 e. The number of hydrogen-bond donors (Lipinski definition) is 1. The van der Waals surface area contributed by atoms with Crippen molar-refractivity contribution in [2.75, 3.05) is 0 Å². The van der Waals surface area contributed by atoms with Gasteiger partial charge in [-0.3, -0.25) is 4.98 Å². The van der Waals surface area contributed by atoms with Crippen molar-refractivity contribution in [2.45, 2.75) is 0 Å². The first-order valence-corrected chi connectivity index (χ1v) is 5.20. The van der Waals surface area contributed by atoms with E-state index in [4.69, 9.17) is 0 Å². The summed E-state index contributed by atoms with van der Waals surface area (Å²) >= 11 is 6.65. The van der Waals surface area contributed by atoms with Crippen molar-refractivity contribution < 1.29 is 5.11 Å². The molecule has 1 heterocycles. The van der Waals surface area contributed by atoms with Crippen LogP contribution in [0.3, 0.4) is 0 Å². The number of halogens is 2. The van der Waals surface area contributed by atoms with E-state index in [0.29, 0.717) is 9.99 Å². The largest absolute Gasteiger partial charge is 0.505 e. The summed E-state index contributed by atoms with van der Waals surface area (Å²) in [6.45, 7) is 0. The number of pyridine rings is 1. The maximum absolute atomic E-state index is 9.65. The molecule has 0 atom stereocenters. The molecule has 1 aromatic carbocycles. The number of benzene rings is 1. The zero-order chi connectivity index (χ0) is 9.42. The number of rotatable bonds is 0. The van der Waals surface area contributed by atoms with Gasteiger partial charge < -0.3 is 5.11 Å². The van der Waals surface area contributed by atoms with Gasteiger partial charge in [0.25, 0.3) is 0 Å². The fourth-order valence-corrected chi connectivity index (χ4v) is 2.43. The van der Waals surface area contributed by atoms with Crippen LogP contribution in [-0.4, -0.2) is 27.5 Å². The van der Waals surface area contributed by atoms with E-state index in [-0.39, 0.29) is 23.1 Å². The minimum absolute atomic E-state index is 0. The topological polar surface area (TPSA) is 33.1 Å². The molecule has 0 aliphatic carbocycles. The second-order valence-electron chi connectivity index (χ2n) is 2.59. The summed E-state index contributed by atoms with van der Waals surface area (Å²) in [4.78, 5) is 4.09. The molecule has 0 spiro atoms. The number of aromatic nitrogens is 1. The van der Waals surface area contributed by atoms with E-state index < -0.39 is 0 Å². The number of fused-ring (bicyclic) bond motifs is 1. The Morgan fingerprint density at radius 2 is 1.93 bits per heavy atom. The molecular formula is C9H5AlBr2NO. The third-order valence-electron chi connectivity index (χ3n) is 1.77. The molecule has 2 rings (SSSR count). The molecule has 0 aliphatic heterocycles. The molecule has 1 N–H and O–H groups in total. The van der Waals surface area contributed by atoms with Crippen LogP contribution in [0.25, 0.3) is 10.9 Å². The Morgan fingerprint density at radius 3 is 2.64 bits per heavy atom. The normalized spacial score (nSPS) is 9.86. The van der Waals surface area contributed by atoms with Crippen LogP contribution in [-0.2, 0) is 0 Å². The molecule has 3 radical (unpaired) electrons. The van der Waals surface area contributed by atoms with Gasteiger partial charge in [-0.2, -0.15) is 0 Å². The number of phenolic OH excluding ortho intramolecular Hbond substituents is 1. The third-order valence-corrected chi connectivity index (χ3v) is 3.03. The van der Waals surface area contributed by atoms with Gasteiger partial charge in [0.1, 0.15) is 5.52 Å². The third kappa shape index (κ3) is 1.96. The van der Waals surface area contributed by atoms with Gasteiger partial charge in [0.15, 0.2) is 5.75 Å². The summed E-state index contributed by atoms with van der Waals surface area (Å²) in [5.74, 6) is 0.179. The van der Waals surface area contributed by atoms with Gasteiger partial charge in [0.05, 0.1) is 4.47 Å². The lowest BCUT2D eigenvalue weighted by atomic mass is 10.2. The quantitative estimate of drug-likeness (QED) is 0.753. The minimum atomic E-state index is 0. The lowest BCUT2D eigenvalue weighted by molar-refractivity contribution is 0.477. The molecule has 5 heteroatoms. The summed E-state index contributed by atoms with van der Waals surface area (Å²) in [6, 6.07) is 5.54. The van der Waals surface area contributed by atoms with Gasteiger partial charge in [-0.15, -0.1) is 0 Å². The molecule has 0 fully saturated rings. The SMILES string of the molecule is Oc1c(Br)cc(Br)c2cccnc12.[Al]. The summed E-state index contributed by atoms with van der Waals surface area (Å²) < 4.78 is 1.56. The number of nitrogens with zero attached hydrogens (tertiary/aromatic N) is 1. The molecular weight excluding hydrogens is 325 g/mol. The molecule has 0 aliphatic rings. The molecule has 0 saturated heterocycles. The Kier molecular flexibility index (Phi) is 3.96. The van der Waals surface area contributed by atoms with Crippen LogP contribution < -0.4 is 0 Å². The Bertz CT molecular complexity index is 476. The molecule has 2 aromatic rings. The first-order valence-electron chi connectivity index (χ1n) is 3.62. The van der Waals surface area contributed by atoms with Crippen molar-refractivity contribution in [3.05, 3.63) is 33.3 Å². The second-order valence-corrected chi connectivity index (χ2v) is 4.30. The van der Waals surface area contributed by atoms with Crippen LogP contribution in [0.2, 0.25) is 0 Å². The van der Waals surface area contributed by atoms with Crippen LogP contribution >= 0.6 is 31.9 Å². The van der Waals surface area contributed by atoms with Crippen molar-refractivity contribution in [1.29, 1.82) is 0 Å². The Labute approximate surface area is 109 Å². The van der Waals surface area contributed by atoms with Crippen molar-refractivity contribution in [2.24, 2.45) is 0 Å². The molecule has 1 aromatic heterocycles. The lowest BCUT2D eigenvalue weighted by Crippen LogP contribution is -1.81. The van der Waals surface area contributed by atoms with Crippen molar-refractivity contribution in [3.63, 3.8) is 0 Å². The highest BCUT2D eigenvalue weighted by Crippen LogP contribution is 2.35. The van der Waals surface area contributed by atoms with Crippen LogP contribution in [0, 0.1) is 0 Å². The standard InChI is InChI=1S/C9H5Br2NO.Al/c10-6-4-7(11)9(13)8-5(6)2-1-3-12-8;/h1-4,13H;. The van der Waals surface area contributed by atoms with Gasteiger partial charge in [-0.1, -0.05) is 22.0 Å². The summed E-state index contributed by atoms with van der Waals surface area (Å²) in [5, 5.41) is 10.6. The maximum atomic E-state index is 9.65. The van der Waals surface area contributed by atoms with Crippen LogP contribution in [0.5, 0.6) is 5.75 Å². The highest BCUT2D eigenvalue weighted by molar-refractivity contribution is 9.11. The predicted molar refractivity (Wildman–Crippen MR) is 64.6 cm³/mol. The number of hydrogen-bond acceptors (Lipinski definition) is 2. The monoisotopic (exact) mass is 328 g/mol. The fraction of sp³-hybridized carbons (Fsp3) is 0. The minimum Gasteiger partial charge on any atom is -0.505 e. The first kappa shape index (κ1) is 12.0. The van der Waals surface area contributed by atoms with E-state index in [1.54, 1.807) is 12.3 Å². The van der Waals surface area contributed by atoms with Gasteiger partial charge >= 0.3 is 0 Å².